The molecule has 4 aromatic rings. The Morgan fingerprint density at radius 2 is 1.82 bits per heavy atom. The third kappa shape index (κ3) is 4.08. The van der Waals surface area contributed by atoms with Gasteiger partial charge in [-0.1, -0.05) is 0 Å². The summed E-state index contributed by atoms with van der Waals surface area (Å²) in [7, 11) is 3.49. The Kier molecular flexibility index (Phi) is 5.66. The van der Waals surface area contributed by atoms with Gasteiger partial charge in [0, 0.05) is 48.8 Å². The van der Waals surface area contributed by atoms with Crippen LogP contribution in [0.3, 0.4) is 0 Å². The molecule has 0 aliphatic carbocycles. The molecule has 0 radical (unpaired) electrons. The highest BCUT2D eigenvalue weighted by Gasteiger charge is 2.23. The molecule has 0 unspecified atom stereocenters. The molecule has 0 spiro atoms. The number of nitrogens with zero attached hydrogens (tertiary/aromatic N) is 4. The molecular weight excluding hydrogens is 441 g/mol. The van der Waals surface area contributed by atoms with E-state index >= 15 is 4.39 Å². The van der Waals surface area contributed by atoms with Crippen molar-refractivity contribution in [3.8, 4) is 23.1 Å². The molecule has 0 bridgehead atoms. The van der Waals surface area contributed by atoms with Crippen LogP contribution in [0.4, 0.5) is 9.18 Å². The number of likely N-dealkylation sites (N-methyl/N-ethyl adjacent to an activating group) is 1. The molecule has 1 amide bonds. The number of halogens is 1. The Morgan fingerprint density at radius 1 is 1.03 bits per heavy atom. The first-order chi connectivity index (χ1) is 16.4. The largest absolute Gasteiger partial charge is 0.493 e. The number of carbonyl (C=O) groups excluding carboxylic acids is 1. The first-order valence-corrected chi connectivity index (χ1v) is 10.9. The van der Waals surface area contributed by atoms with Crippen molar-refractivity contribution in [3.63, 3.8) is 0 Å². The third-order valence-electron chi connectivity index (χ3n) is 5.89. The predicted octanol–water partition coefficient (Wildman–Crippen LogP) is 4.11. The molecule has 5 rings (SSSR count). The van der Waals surface area contributed by atoms with Gasteiger partial charge in [0.25, 0.3) is 0 Å². The minimum absolute atomic E-state index is 0.0262. The van der Waals surface area contributed by atoms with Crippen LogP contribution in [0.1, 0.15) is 5.69 Å². The SMILES string of the molecule is COc1cc2ncnc(Oc3ccc4[nH]c(C)cc4c3F)c2cc1OC(=O)N1CCN(C)CC1. The maximum atomic E-state index is 15.1. The van der Waals surface area contributed by atoms with Crippen LogP contribution in [0, 0.1) is 12.7 Å². The molecule has 1 fully saturated rings. The van der Waals surface area contributed by atoms with Crippen molar-refractivity contribution < 1.29 is 23.4 Å². The Balaban J connectivity index is 1.49. The zero-order valence-electron chi connectivity index (χ0n) is 19.1. The van der Waals surface area contributed by atoms with Crippen molar-refractivity contribution in [1.82, 2.24) is 24.8 Å². The Bertz CT molecular complexity index is 1380. The van der Waals surface area contributed by atoms with Gasteiger partial charge in [-0.05, 0) is 38.2 Å². The molecule has 34 heavy (non-hydrogen) atoms. The quantitative estimate of drug-likeness (QED) is 0.485. The molecule has 10 heteroatoms. The van der Waals surface area contributed by atoms with Crippen molar-refractivity contribution in [2.75, 3.05) is 40.3 Å². The number of aromatic nitrogens is 3. The van der Waals surface area contributed by atoms with E-state index < -0.39 is 11.9 Å². The number of benzene rings is 2. The summed E-state index contributed by atoms with van der Waals surface area (Å²) in [6.07, 6.45) is 0.855. The highest BCUT2D eigenvalue weighted by atomic mass is 19.1. The molecule has 0 atom stereocenters. The van der Waals surface area contributed by atoms with Gasteiger partial charge in [-0.15, -0.1) is 0 Å². The number of amides is 1. The highest BCUT2D eigenvalue weighted by Crippen LogP contribution is 2.37. The van der Waals surface area contributed by atoms with Crippen LogP contribution in [0.2, 0.25) is 0 Å². The fourth-order valence-corrected chi connectivity index (χ4v) is 3.98. The summed E-state index contributed by atoms with van der Waals surface area (Å²) in [6, 6.07) is 8.21. The number of carbonyl (C=O) groups is 1. The number of aryl methyl sites for hydroxylation is 1. The van der Waals surface area contributed by atoms with E-state index in [1.54, 1.807) is 35.2 Å². The minimum Gasteiger partial charge on any atom is -0.493 e. The maximum Gasteiger partial charge on any atom is 0.415 e. The van der Waals surface area contributed by atoms with Gasteiger partial charge in [-0.3, -0.25) is 0 Å². The summed E-state index contributed by atoms with van der Waals surface area (Å²) in [5.74, 6) is 0.211. The molecule has 2 aromatic carbocycles. The second-order valence-electron chi connectivity index (χ2n) is 8.25. The molecule has 176 valence electrons. The van der Waals surface area contributed by atoms with Gasteiger partial charge in [0.15, 0.2) is 23.1 Å². The molecule has 1 saturated heterocycles. The number of fused-ring (bicyclic) bond motifs is 2. The van der Waals surface area contributed by atoms with E-state index in [0.717, 1.165) is 18.8 Å². The fraction of sp³-hybridized carbons (Fsp3) is 0.292. The lowest BCUT2D eigenvalue weighted by molar-refractivity contribution is 0.119. The van der Waals surface area contributed by atoms with Gasteiger partial charge < -0.3 is 29.0 Å². The minimum atomic E-state index is -0.496. The molecule has 0 saturated carbocycles. The van der Waals surface area contributed by atoms with E-state index in [0.29, 0.717) is 40.6 Å². The standard InChI is InChI=1S/C24H24FN5O4/c1-14-10-15-17(28-14)4-5-19(22(15)25)33-23-16-11-21(20(32-3)12-18(16)26-13-27-23)34-24(31)30-8-6-29(2)7-9-30/h4-5,10-13,28H,6-9H2,1-3H3. The van der Waals surface area contributed by atoms with Crippen LogP contribution in [0.25, 0.3) is 21.8 Å². The summed E-state index contributed by atoms with van der Waals surface area (Å²) in [4.78, 5) is 28.1. The van der Waals surface area contributed by atoms with E-state index in [2.05, 4.69) is 19.9 Å². The normalized spacial score (nSPS) is 14.5. The van der Waals surface area contributed by atoms with Gasteiger partial charge in [0.1, 0.15) is 6.33 Å². The average Bonchev–Trinajstić information content (AvgIpc) is 3.22. The van der Waals surface area contributed by atoms with Gasteiger partial charge in [-0.2, -0.15) is 0 Å². The Labute approximate surface area is 195 Å². The summed E-state index contributed by atoms with van der Waals surface area (Å²) in [5.41, 5.74) is 2.02. The van der Waals surface area contributed by atoms with E-state index in [-0.39, 0.29) is 17.4 Å². The van der Waals surface area contributed by atoms with Crippen LogP contribution >= 0.6 is 0 Å². The van der Waals surface area contributed by atoms with E-state index in [4.69, 9.17) is 14.2 Å². The zero-order chi connectivity index (χ0) is 23.8. The lowest BCUT2D eigenvalue weighted by Gasteiger charge is -2.31. The topological polar surface area (TPSA) is 92.8 Å². The number of ether oxygens (including phenoxy) is 3. The summed E-state index contributed by atoms with van der Waals surface area (Å²) < 4.78 is 32.0. The summed E-state index contributed by atoms with van der Waals surface area (Å²) >= 11 is 0. The number of aromatic amines is 1. The van der Waals surface area contributed by atoms with Crippen molar-refractivity contribution in [3.05, 3.63) is 48.2 Å². The molecule has 1 N–H and O–H groups in total. The second kappa shape index (κ2) is 8.79. The number of H-pyrrole nitrogens is 1. The molecule has 9 nitrogen and oxygen atoms in total. The molecule has 1 aliphatic rings. The molecule has 2 aromatic heterocycles. The first kappa shape index (κ1) is 21.9. The van der Waals surface area contributed by atoms with Crippen LogP contribution < -0.4 is 14.2 Å². The lowest BCUT2D eigenvalue weighted by Crippen LogP contribution is -2.48. The third-order valence-corrected chi connectivity index (χ3v) is 5.89. The molecule has 3 heterocycles. The van der Waals surface area contributed by atoms with Crippen LogP contribution in [-0.2, 0) is 0 Å². The van der Waals surface area contributed by atoms with Crippen molar-refractivity contribution in [2.45, 2.75) is 6.92 Å². The summed E-state index contributed by atoms with van der Waals surface area (Å²) in [6.45, 7) is 4.54. The summed E-state index contributed by atoms with van der Waals surface area (Å²) in [5, 5.41) is 0.881. The Hall–Kier alpha value is -3.92. The number of methoxy groups -OCH3 is 1. The van der Waals surface area contributed by atoms with E-state index in [1.807, 2.05) is 14.0 Å². The molecule has 1 aliphatic heterocycles. The van der Waals surface area contributed by atoms with Crippen molar-refractivity contribution in [1.29, 1.82) is 0 Å². The van der Waals surface area contributed by atoms with Crippen molar-refractivity contribution in [2.24, 2.45) is 0 Å². The maximum absolute atomic E-state index is 15.1. The zero-order valence-corrected chi connectivity index (χ0v) is 19.1. The smallest absolute Gasteiger partial charge is 0.415 e. The number of nitrogens with one attached hydrogen (secondary N) is 1. The fourth-order valence-electron chi connectivity index (χ4n) is 3.98. The van der Waals surface area contributed by atoms with Gasteiger partial charge in [0.2, 0.25) is 5.88 Å². The highest BCUT2D eigenvalue weighted by molar-refractivity contribution is 5.88. The van der Waals surface area contributed by atoms with Gasteiger partial charge in [0.05, 0.1) is 18.0 Å². The lowest BCUT2D eigenvalue weighted by atomic mass is 10.2. The van der Waals surface area contributed by atoms with Crippen molar-refractivity contribution >= 4 is 27.9 Å². The number of hydrogen-bond acceptors (Lipinski definition) is 7. The Morgan fingerprint density at radius 3 is 2.59 bits per heavy atom. The second-order valence-corrected chi connectivity index (χ2v) is 8.25. The number of hydrogen-bond donors (Lipinski definition) is 1. The molecular formula is C24H24FN5O4. The van der Waals surface area contributed by atoms with Crippen LogP contribution in [0.15, 0.2) is 36.7 Å². The van der Waals surface area contributed by atoms with E-state index in [1.165, 1.54) is 13.4 Å². The number of rotatable bonds is 4. The van der Waals surface area contributed by atoms with Crippen LogP contribution in [0.5, 0.6) is 23.1 Å². The van der Waals surface area contributed by atoms with Gasteiger partial charge >= 0.3 is 6.09 Å². The predicted molar refractivity (Wildman–Crippen MR) is 124 cm³/mol. The van der Waals surface area contributed by atoms with Crippen LogP contribution in [-0.4, -0.2) is 71.2 Å². The van der Waals surface area contributed by atoms with E-state index in [9.17, 15) is 4.79 Å². The monoisotopic (exact) mass is 465 g/mol. The average molecular weight is 465 g/mol. The number of piperazine rings is 1. The first-order valence-electron chi connectivity index (χ1n) is 10.9. The van der Waals surface area contributed by atoms with Gasteiger partial charge in [-0.25, -0.2) is 19.2 Å².